The minimum absolute atomic E-state index is 0.0880. The van der Waals surface area contributed by atoms with E-state index in [0.717, 1.165) is 49.8 Å². The summed E-state index contributed by atoms with van der Waals surface area (Å²) in [5.74, 6) is 0.759. The van der Waals surface area contributed by atoms with Crippen LogP contribution in [0.5, 0.6) is 0 Å². The molecule has 1 aromatic rings. The Morgan fingerprint density at radius 3 is 3.28 bits per heavy atom. The Morgan fingerprint density at radius 2 is 2.44 bits per heavy atom. The molecular weight excluding hydrogens is 228 g/mol. The Kier molecular flexibility index (Phi) is 3.43. The second kappa shape index (κ2) is 5.20. The Bertz CT molecular complexity index is 464. The second-order valence-electron chi connectivity index (χ2n) is 5.40. The molecule has 2 aliphatic rings. The zero-order valence-corrected chi connectivity index (χ0v) is 10.6. The Hall–Kier alpha value is -1.20. The van der Waals surface area contributed by atoms with E-state index in [2.05, 4.69) is 20.4 Å². The van der Waals surface area contributed by atoms with Crippen molar-refractivity contribution in [1.82, 2.24) is 20.4 Å². The molecule has 0 radical (unpaired) electrons. The van der Waals surface area contributed by atoms with E-state index < -0.39 is 0 Å². The lowest BCUT2D eigenvalue weighted by molar-refractivity contribution is 0.192. The molecule has 0 saturated carbocycles. The normalized spacial score (nSPS) is 24.8. The zero-order valence-electron chi connectivity index (χ0n) is 10.6. The van der Waals surface area contributed by atoms with Gasteiger partial charge in [0.2, 0.25) is 0 Å². The van der Waals surface area contributed by atoms with Crippen LogP contribution in [0, 0.1) is 5.92 Å². The monoisotopic (exact) mass is 248 g/mol. The van der Waals surface area contributed by atoms with Gasteiger partial charge in [0, 0.05) is 32.1 Å². The molecule has 18 heavy (non-hydrogen) atoms. The van der Waals surface area contributed by atoms with E-state index in [0.29, 0.717) is 0 Å². The van der Waals surface area contributed by atoms with Gasteiger partial charge in [-0.3, -0.25) is 9.69 Å². The van der Waals surface area contributed by atoms with Gasteiger partial charge in [-0.05, 0) is 37.4 Å². The van der Waals surface area contributed by atoms with Crippen molar-refractivity contribution in [3.8, 4) is 0 Å². The summed E-state index contributed by atoms with van der Waals surface area (Å²) in [6.45, 7) is 5.38. The van der Waals surface area contributed by atoms with E-state index in [9.17, 15) is 4.79 Å². The fourth-order valence-corrected chi connectivity index (χ4v) is 3.01. The molecule has 0 bridgehead atoms. The van der Waals surface area contributed by atoms with Crippen molar-refractivity contribution in [2.45, 2.75) is 25.8 Å². The van der Waals surface area contributed by atoms with Crippen LogP contribution in [0.3, 0.4) is 0 Å². The summed E-state index contributed by atoms with van der Waals surface area (Å²) in [7, 11) is 0. The third-order valence-electron chi connectivity index (χ3n) is 3.95. The van der Waals surface area contributed by atoms with Crippen molar-refractivity contribution < 1.29 is 0 Å². The number of rotatable bonds is 2. The quantitative estimate of drug-likeness (QED) is 0.781. The highest BCUT2D eigenvalue weighted by Crippen LogP contribution is 2.18. The maximum Gasteiger partial charge on any atom is 0.264 e. The first-order valence-electron chi connectivity index (χ1n) is 6.82. The van der Waals surface area contributed by atoms with Gasteiger partial charge < -0.3 is 5.32 Å². The molecule has 5 heteroatoms. The van der Waals surface area contributed by atoms with Crippen molar-refractivity contribution in [1.29, 1.82) is 0 Å². The molecule has 1 atom stereocenters. The lowest BCUT2D eigenvalue weighted by atomic mass is 9.97. The lowest BCUT2D eigenvalue weighted by Gasteiger charge is -2.32. The fourth-order valence-electron chi connectivity index (χ4n) is 3.01. The van der Waals surface area contributed by atoms with Crippen molar-refractivity contribution in [3.63, 3.8) is 0 Å². The van der Waals surface area contributed by atoms with Crippen molar-refractivity contribution in [2.75, 3.05) is 26.2 Å². The van der Waals surface area contributed by atoms with E-state index >= 15 is 0 Å². The minimum atomic E-state index is -0.0880. The topological polar surface area (TPSA) is 61.0 Å². The first-order valence-corrected chi connectivity index (χ1v) is 6.82. The maximum atomic E-state index is 11.3. The van der Waals surface area contributed by atoms with Crippen LogP contribution in [0.2, 0.25) is 0 Å². The van der Waals surface area contributed by atoms with Crippen molar-refractivity contribution in [3.05, 3.63) is 27.7 Å². The molecule has 1 unspecified atom stereocenters. The summed E-state index contributed by atoms with van der Waals surface area (Å²) in [5.41, 5.74) is 2.08. The number of H-pyrrole nitrogens is 1. The fraction of sp³-hybridized carbons (Fsp3) is 0.692. The number of nitrogens with zero attached hydrogens (tertiary/aromatic N) is 2. The van der Waals surface area contributed by atoms with Crippen LogP contribution in [0.1, 0.15) is 24.1 Å². The standard InChI is InChI=1S/C13H20N4O/c18-13-6-11-9-17(5-3-12(11)15-16-13)8-10-2-1-4-14-7-10/h6,10,14H,1-5,7-9H2,(H,16,18). The number of aromatic amines is 1. The molecule has 1 saturated heterocycles. The first-order chi connectivity index (χ1) is 8.81. The van der Waals surface area contributed by atoms with Crippen molar-refractivity contribution in [2.24, 2.45) is 5.92 Å². The highest BCUT2D eigenvalue weighted by molar-refractivity contribution is 5.20. The summed E-state index contributed by atoms with van der Waals surface area (Å²) >= 11 is 0. The number of hydrogen-bond acceptors (Lipinski definition) is 4. The van der Waals surface area contributed by atoms with Crippen LogP contribution < -0.4 is 10.9 Å². The molecule has 0 amide bonds. The van der Waals surface area contributed by atoms with E-state index in [1.165, 1.54) is 19.4 Å². The van der Waals surface area contributed by atoms with E-state index in [1.807, 2.05) is 0 Å². The number of fused-ring (bicyclic) bond motifs is 1. The average molecular weight is 248 g/mol. The van der Waals surface area contributed by atoms with Crippen LogP contribution in [-0.2, 0) is 13.0 Å². The molecule has 0 spiro atoms. The molecule has 3 rings (SSSR count). The SMILES string of the molecule is O=c1cc2c(n[nH]1)CCN(CC1CCCNC1)C2. The molecule has 98 valence electrons. The van der Waals surface area contributed by atoms with Gasteiger partial charge in [0.1, 0.15) is 0 Å². The summed E-state index contributed by atoms with van der Waals surface area (Å²) in [4.78, 5) is 13.8. The van der Waals surface area contributed by atoms with Crippen LogP contribution in [0.15, 0.2) is 10.9 Å². The third-order valence-corrected chi connectivity index (χ3v) is 3.95. The smallest absolute Gasteiger partial charge is 0.264 e. The molecule has 3 heterocycles. The van der Waals surface area contributed by atoms with Crippen LogP contribution >= 0.6 is 0 Å². The second-order valence-corrected chi connectivity index (χ2v) is 5.40. The maximum absolute atomic E-state index is 11.3. The average Bonchev–Trinajstić information content (AvgIpc) is 2.39. The zero-order chi connectivity index (χ0) is 12.4. The molecule has 1 aromatic heterocycles. The predicted octanol–water partition coefficient (Wildman–Crippen LogP) is 0.128. The summed E-state index contributed by atoms with van der Waals surface area (Å²) in [6.07, 6.45) is 3.56. The van der Waals surface area contributed by atoms with Gasteiger partial charge in [-0.1, -0.05) is 0 Å². The van der Waals surface area contributed by atoms with Gasteiger partial charge in [0.15, 0.2) is 0 Å². The van der Waals surface area contributed by atoms with Gasteiger partial charge in [-0.15, -0.1) is 0 Å². The van der Waals surface area contributed by atoms with E-state index in [-0.39, 0.29) is 5.56 Å². The third kappa shape index (κ3) is 2.62. The Morgan fingerprint density at radius 1 is 1.50 bits per heavy atom. The molecule has 5 nitrogen and oxygen atoms in total. The van der Waals surface area contributed by atoms with Crippen molar-refractivity contribution >= 4 is 0 Å². The first kappa shape index (κ1) is 11.9. The molecule has 1 fully saturated rings. The minimum Gasteiger partial charge on any atom is -0.316 e. The van der Waals surface area contributed by atoms with Crippen LogP contribution in [-0.4, -0.2) is 41.3 Å². The van der Waals surface area contributed by atoms with E-state index in [4.69, 9.17) is 0 Å². The van der Waals surface area contributed by atoms with Gasteiger partial charge in [0.25, 0.3) is 5.56 Å². The van der Waals surface area contributed by atoms with Gasteiger partial charge in [-0.25, -0.2) is 5.10 Å². The largest absolute Gasteiger partial charge is 0.316 e. The van der Waals surface area contributed by atoms with E-state index in [1.54, 1.807) is 6.07 Å². The predicted molar refractivity (Wildman–Crippen MR) is 69.4 cm³/mol. The van der Waals surface area contributed by atoms with Crippen LogP contribution in [0.4, 0.5) is 0 Å². The molecule has 0 aromatic carbocycles. The Balaban J connectivity index is 1.64. The molecule has 2 aliphatic heterocycles. The molecule has 2 N–H and O–H groups in total. The number of piperidine rings is 1. The Labute approximate surface area is 107 Å². The summed E-state index contributed by atoms with van der Waals surface area (Å²) < 4.78 is 0. The lowest BCUT2D eigenvalue weighted by Crippen LogP contribution is -2.40. The molecule has 0 aliphatic carbocycles. The van der Waals surface area contributed by atoms with Crippen LogP contribution in [0.25, 0.3) is 0 Å². The number of nitrogens with one attached hydrogen (secondary N) is 2. The molecular formula is C13H20N4O. The number of hydrogen-bond donors (Lipinski definition) is 2. The van der Waals surface area contributed by atoms with Gasteiger partial charge in [-0.2, -0.15) is 5.10 Å². The van der Waals surface area contributed by atoms with Gasteiger partial charge >= 0.3 is 0 Å². The highest BCUT2D eigenvalue weighted by atomic mass is 16.1. The highest BCUT2D eigenvalue weighted by Gasteiger charge is 2.21. The summed E-state index contributed by atoms with van der Waals surface area (Å²) in [5, 5.41) is 10.1. The number of aromatic nitrogens is 2. The summed E-state index contributed by atoms with van der Waals surface area (Å²) in [6, 6.07) is 1.70. The van der Waals surface area contributed by atoms with Gasteiger partial charge in [0.05, 0.1) is 5.69 Å².